The van der Waals surface area contributed by atoms with Gasteiger partial charge in [-0.2, -0.15) is 13.2 Å². The van der Waals surface area contributed by atoms with E-state index in [1.165, 1.54) is 12.1 Å². The molecule has 2 aromatic carbocycles. The lowest BCUT2D eigenvalue weighted by atomic mass is 9.59. The lowest BCUT2D eigenvalue weighted by Crippen LogP contribution is -2.47. The van der Waals surface area contributed by atoms with E-state index in [9.17, 15) is 22.4 Å². The number of anilines is 1. The Balaban J connectivity index is 1.27. The van der Waals surface area contributed by atoms with Gasteiger partial charge in [0.2, 0.25) is 5.91 Å². The van der Waals surface area contributed by atoms with Crippen LogP contribution in [0, 0.1) is 17.8 Å². The van der Waals surface area contributed by atoms with Crippen LogP contribution >= 0.6 is 0 Å². The Bertz CT molecular complexity index is 1130. The molecule has 1 amide bonds. The topological polar surface area (TPSA) is 54.1 Å². The minimum absolute atomic E-state index is 0.110. The van der Waals surface area contributed by atoms with Gasteiger partial charge in [0.1, 0.15) is 18.5 Å². The molecule has 1 heterocycles. The lowest BCUT2D eigenvalue weighted by molar-refractivity contribution is -0.137. The number of amides is 1. The van der Waals surface area contributed by atoms with Crippen molar-refractivity contribution < 1.29 is 27.1 Å². The van der Waals surface area contributed by atoms with E-state index in [1.54, 1.807) is 18.3 Å². The fourth-order valence-corrected chi connectivity index (χ4v) is 4.76. The number of H-pyrrole nitrogens is 1. The van der Waals surface area contributed by atoms with Crippen molar-refractivity contribution in [1.82, 2.24) is 4.98 Å². The fraction of sp³-hybridized carbons (Fsp3) is 0.375. The van der Waals surface area contributed by atoms with Crippen LogP contribution in [0.15, 0.2) is 48.7 Å². The Morgan fingerprint density at radius 2 is 1.81 bits per heavy atom. The highest BCUT2D eigenvalue weighted by Gasteiger charge is 2.48. The number of ether oxygens (including phenoxy) is 1. The Labute approximate surface area is 182 Å². The molecule has 3 aliphatic rings. The molecule has 6 rings (SSSR count). The molecule has 32 heavy (non-hydrogen) atoms. The minimum atomic E-state index is -4.37. The largest absolute Gasteiger partial charge is 0.489 e. The average Bonchev–Trinajstić information content (AvgIpc) is 3.12. The number of rotatable bonds is 5. The zero-order valence-electron chi connectivity index (χ0n) is 17.1. The second-order valence-corrected chi connectivity index (χ2v) is 8.73. The molecule has 3 aromatic rings. The third-order valence-corrected chi connectivity index (χ3v) is 6.71. The first-order chi connectivity index (χ1) is 15.3. The fourth-order valence-electron chi connectivity index (χ4n) is 4.76. The predicted octanol–water partition coefficient (Wildman–Crippen LogP) is 6.09. The molecule has 0 saturated heterocycles. The molecule has 1 aromatic heterocycles. The number of aromatic amines is 1. The van der Waals surface area contributed by atoms with Crippen molar-refractivity contribution >= 4 is 22.5 Å². The van der Waals surface area contributed by atoms with Gasteiger partial charge in [0.05, 0.1) is 11.3 Å². The maximum Gasteiger partial charge on any atom is 0.416 e. The molecule has 0 unspecified atom stereocenters. The van der Waals surface area contributed by atoms with Crippen LogP contribution in [0.25, 0.3) is 10.9 Å². The van der Waals surface area contributed by atoms with Crippen molar-refractivity contribution in [2.75, 3.05) is 5.32 Å². The van der Waals surface area contributed by atoms with Crippen LogP contribution in [-0.2, 0) is 17.6 Å². The van der Waals surface area contributed by atoms with Gasteiger partial charge in [0.25, 0.3) is 0 Å². The summed E-state index contributed by atoms with van der Waals surface area (Å²) in [7, 11) is 0. The van der Waals surface area contributed by atoms with E-state index in [4.69, 9.17) is 4.74 Å². The number of nitrogens with one attached hydrogen (secondary N) is 2. The molecule has 3 fully saturated rings. The Morgan fingerprint density at radius 1 is 1.06 bits per heavy atom. The number of halogens is 4. The highest BCUT2D eigenvalue weighted by atomic mass is 19.4. The number of alkyl halides is 4. The molecular weight excluding hydrogens is 424 g/mol. The van der Waals surface area contributed by atoms with Crippen molar-refractivity contribution in [1.29, 1.82) is 0 Å². The third kappa shape index (κ3) is 3.94. The molecule has 2 N–H and O–H groups in total. The normalized spacial score (nSPS) is 24.8. The van der Waals surface area contributed by atoms with Crippen LogP contribution in [0.3, 0.4) is 0 Å². The molecular formula is C24H22F4N2O2. The van der Waals surface area contributed by atoms with E-state index in [2.05, 4.69) is 10.3 Å². The van der Waals surface area contributed by atoms with E-state index in [0.717, 1.165) is 35.9 Å². The van der Waals surface area contributed by atoms with Crippen LogP contribution in [0.2, 0.25) is 0 Å². The third-order valence-electron chi connectivity index (χ3n) is 6.71. The maximum absolute atomic E-state index is 14.1. The summed E-state index contributed by atoms with van der Waals surface area (Å²) in [4.78, 5) is 15.9. The van der Waals surface area contributed by atoms with Gasteiger partial charge in [-0.1, -0.05) is 12.1 Å². The zero-order valence-corrected chi connectivity index (χ0v) is 17.1. The average molecular weight is 446 g/mol. The van der Waals surface area contributed by atoms with Gasteiger partial charge in [-0.15, -0.1) is 0 Å². The van der Waals surface area contributed by atoms with Crippen LogP contribution in [0.1, 0.15) is 30.4 Å². The van der Waals surface area contributed by atoms with Gasteiger partial charge in [0, 0.05) is 23.0 Å². The summed E-state index contributed by atoms with van der Waals surface area (Å²) in [5.41, 5.74) is 1.31. The Morgan fingerprint density at radius 3 is 2.50 bits per heavy atom. The smallest absolute Gasteiger partial charge is 0.416 e. The van der Waals surface area contributed by atoms with Crippen molar-refractivity contribution in [3.05, 3.63) is 59.8 Å². The number of carbonyl (C=O) groups is 1. The number of hydrogen-bond acceptors (Lipinski definition) is 2. The lowest BCUT2D eigenvalue weighted by Gasteiger charge is -2.47. The number of fused-ring (bicyclic) bond motifs is 3. The highest BCUT2D eigenvalue weighted by molar-refractivity contribution is 6.03. The zero-order chi connectivity index (χ0) is 22.5. The van der Waals surface area contributed by atoms with Gasteiger partial charge >= 0.3 is 6.18 Å². The summed E-state index contributed by atoms with van der Waals surface area (Å²) < 4.78 is 57.9. The summed E-state index contributed by atoms with van der Waals surface area (Å²) in [6.45, 7) is 0.110. The quantitative estimate of drug-likeness (QED) is 0.466. The van der Waals surface area contributed by atoms with Crippen molar-refractivity contribution in [3.63, 3.8) is 0 Å². The number of carbonyl (C=O) groups excluding carboxylic acids is 1. The number of aromatic nitrogens is 1. The van der Waals surface area contributed by atoms with Crippen LogP contribution in [-0.4, -0.2) is 17.1 Å². The van der Waals surface area contributed by atoms with Crippen LogP contribution in [0.4, 0.5) is 23.2 Å². The standard InChI is InChI=1S/C24H22F4N2O2/c25-20-10-18(14-7-15(20)8-14)23(31)30-22-11-29-21-6-5-17(9-19(21)22)32-12-13-1-3-16(4-2-13)24(26,27)28/h1-6,9,11,14-15,18,20,29H,7-8,10,12H2,(H,30,31)/t14?,15?,18-,20+/m1/s1. The molecule has 3 aliphatic carbocycles. The molecule has 168 valence electrons. The van der Waals surface area contributed by atoms with E-state index < -0.39 is 17.9 Å². The second kappa shape index (κ2) is 7.83. The highest BCUT2D eigenvalue weighted by Crippen LogP contribution is 2.50. The molecule has 0 aliphatic heterocycles. The molecule has 0 spiro atoms. The SMILES string of the molecule is O=C(Nc1c[nH]c2ccc(OCc3ccc(C(F)(F)F)cc3)cc12)[C@@H]1C[C@H](F)C2CC1C2. The molecule has 3 saturated carbocycles. The molecule has 8 heteroatoms. The first kappa shape index (κ1) is 20.8. The number of hydrogen-bond donors (Lipinski definition) is 2. The maximum atomic E-state index is 14.1. The number of benzene rings is 2. The summed E-state index contributed by atoms with van der Waals surface area (Å²) in [6, 6.07) is 10.1. The van der Waals surface area contributed by atoms with Crippen molar-refractivity contribution in [2.45, 2.75) is 38.2 Å². The molecule has 0 radical (unpaired) electrons. The molecule has 2 bridgehead atoms. The van der Waals surface area contributed by atoms with Crippen molar-refractivity contribution in [2.24, 2.45) is 17.8 Å². The second-order valence-electron chi connectivity index (χ2n) is 8.73. The van der Waals surface area contributed by atoms with E-state index in [1.807, 2.05) is 6.07 Å². The first-order valence-corrected chi connectivity index (χ1v) is 10.6. The summed E-state index contributed by atoms with van der Waals surface area (Å²) in [5, 5.41) is 3.68. The van der Waals surface area contributed by atoms with Gasteiger partial charge in [-0.05, 0) is 67.0 Å². The Hall–Kier alpha value is -3.03. The summed E-state index contributed by atoms with van der Waals surface area (Å²) in [6.07, 6.45) is -1.72. The first-order valence-electron chi connectivity index (χ1n) is 10.6. The Kier molecular flexibility index (Phi) is 5.10. The molecule has 4 nitrogen and oxygen atoms in total. The van der Waals surface area contributed by atoms with E-state index in [-0.39, 0.29) is 36.7 Å². The summed E-state index contributed by atoms with van der Waals surface area (Å²) in [5.74, 6) is 0.448. The van der Waals surface area contributed by atoms with Gasteiger partial charge in [-0.25, -0.2) is 4.39 Å². The van der Waals surface area contributed by atoms with Gasteiger partial charge in [0.15, 0.2) is 0 Å². The van der Waals surface area contributed by atoms with E-state index in [0.29, 0.717) is 17.0 Å². The summed E-state index contributed by atoms with van der Waals surface area (Å²) >= 11 is 0. The monoisotopic (exact) mass is 446 g/mol. The van der Waals surface area contributed by atoms with Crippen LogP contribution in [0.5, 0.6) is 5.75 Å². The van der Waals surface area contributed by atoms with E-state index >= 15 is 0 Å². The molecule has 2 atom stereocenters. The minimum Gasteiger partial charge on any atom is -0.489 e. The van der Waals surface area contributed by atoms with Crippen LogP contribution < -0.4 is 10.1 Å². The predicted molar refractivity (Wildman–Crippen MR) is 112 cm³/mol. The van der Waals surface area contributed by atoms with Crippen molar-refractivity contribution in [3.8, 4) is 5.75 Å². The van der Waals surface area contributed by atoms with Gasteiger partial charge < -0.3 is 15.0 Å². The van der Waals surface area contributed by atoms with Gasteiger partial charge in [-0.3, -0.25) is 4.79 Å².